The van der Waals surface area contributed by atoms with Crippen LogP contribution in [-0.2, 0) is 47.2 Å². The molecule has 1 aliphatic carbocycles. The lowest BCUT2D eigenvalue weighted by molar-refractivity contribution is -0.144. The second-order valence-electron chi connectivity index (χ2n) is 18.7. The second kappa shape index (κ2) is 51.7. The van der Waals surface area contributed by atoms with Gasteiger partial charge in [0.05, 0.1) is 26.4 Å². The molecular weight excluding hydrogens is 935 g/mol. The SMILES string of the molecule is C.CCCCCCCC/C=C/CCCCCCCC(=O)OCC.CCOC(=O)/C=C(C)/C=C/C=C(C)/C=C/C1=C(C)CCCC1(C)C.CCOC(=O)CCCCCCCC(=O)OCCl.CCOP(C)(C)=O. The first-order chi connectivity index (χ1) is 33.3. The molecule has 0 saturated carbocycles. The van der Waals surface area contributed by atoms with E-state index in [0.29, 0.717) is 45.7 Å². The third kappa shape index (κ3) is 54.4. The zero-order valence-electron chi connectivity index (χ0n) is 46.5. The summed E-state index contributed by atoms with van der Waals surface area (Å²) in [4.78, 5) is 44.4. The van der Waals surface area contributed by atoms with E-state index in [1.165, 1.54) is 113 Å². The smallest absolute Gasteiger partial charge is 0.330 e. The molecule has 0 aromatic heterocycles. The Morgan fingerprint density at radius 3 is 1.48 bits per heavy atom. The summed E-state index contributed by atoms with van der Waals surface area (Å²) in [5.74, 6) is -0.702. The van der Waals surface area contributed by atoms with E-state index in [4.69, 9.17) is 30.3 Å². The minimum atomic E-state index is -2.17. The number of hydrogen-bond acceptors (Lipinski definition) is 10. The summed E-state index contributed by atoms with van der Waals surface area (Å²) in [6.07, 6.45) is 43.3. The number of esters is 4. The van der Waals surface area contributed by atoms with Crippen molar-refractivity contribution in [2.45, 2.75) is 231 Å². The van der Waals surface area contributed by atoms with Crippen LogP contribution in [0.25, 0.3) is 0 Å². The summed E-state index contributed by atoms with van der Waals surface area (Å²) in [6, 6.07) is -0.0711. The Balaban J connectivity index is -0.000000445. The van der Waals surface area contributed by atoms with Gasteiger partial charge in [-0.05, 0) is 129 Å². The van der Waals surface area contributed by atoms with E-state index in [2.05, 4.69) is 69.7 Å². The van der Waals surface area contributed by atoms with E-state index in [9.17, 15) is 23.7 Å². The molecule has 1 rings (SSSR count). The Kier molecular flexibility index (Phi) is 54.1. The summed E-state index contributed by atoms with van der Waals surface area (Å²) in [6.45, 7) is 25.6. The van der Waals surface area contributed by atoms with E-state index in [1.54, 1.807) is 27.2 Å². The Hall–Kier alpha value is -3.20. The van der Waals surface area contributed by atoms with Gasteiger partial charge < -0.3 is 23.5 Å². The van der Waals surface area contributed by atoms with E-state index in [0.717, 1.165) is 50.5 Å². The highest BCUT2D eigenvalue weighted by Gasteiger charge is 2.26. The quantitative estimate of drug-likeness (QED) is 0.00897. The molecule has 0 heterocycles. The Bertz CT molecular complexity index is 1560. The molecule has 71 heavy (non-hydrogen) atoms. The summed E-state index contributed by atoms with van der Waals surface area (Å²) in [7, 11) is -2.17. The number of unbranched alkanes of at least 4 members (excludes halogenated alkanes) is 15. The van der Waals surface area contributed by atoms with Crippen molar-refractivity contribution in [1.82, 2.24) is 0 Å². The molecule has 0 saturated heterocycles. The molecular formula is C59H106ClO10P. The first kappa shape index (κ1) is 74.3. The van der Waals surface area contributed by atoms with Crippen LogP contribution in [0.1, 0.15) is 231 Å². The van der Waals surface area contributed by atoms with Crippen molar-refractivity contribution < 1.29 is 47.2 Å². The van der Waals surface area contributed by atoms with Crippen LogP contribution in [0, 0.1) is 5.41 Å². The highest BCUT2D eigenvalue weighted by molar-refractivity contribution is 7.57. The fourth-order valence-electron chi connectivity index (χ4n) is 7.37. The number of ether oxygens (including phenoxy) is 4. The van der Waals surface area contributed by atoms with Gasteiger partial charge in [0.15, 0.2) is 13.4 Å². The van der Waals surface area contributed by atoms with Gasteiger partial charge in [0, 0.05) is 38.7 Å². The van der Waals surface area contributed by atoms with Crippen molar-refractivity contribution in [2.75, 3.05) is 45.8 Å². The number of hydrogen-bond donors (Lipinski definition) is 0. The third-order valence-electron chi connectivity index (χ3n) is 11.1. The number of rotatable bonds is 34. The van der Waals surface area contributed by atoms with Crippen LogP contribution < -0.4 is 0 Å². The van der Waals surface area contributed by atoms with Gasteiger partial charge in [0.1, 0.15) is 0 Å². The number of carbonyl (C=O) groups is 4. The van der Waals surface area contributed by atoms with Gasteiger partial charge in [0.2, 0.25) is 0 Å². The molecule has 0 bridgehead atoms. The van der Waals surface area contributed by atoms with E-state index >= 15 is 0 Å². The molecule has 0 unspecified atom stereocenters. The predicted octanol–water partition coefficient (Wildman–Crippen LogP) is 17.9. The molecule has 12 heteroatoms. The summed E-state index contributed by atoms with van der Waals surface area (Å²) in [5, 5.41) is 0. The lowest BCUT2D eigenvalue weighted by Crippen LogP contribution is -2.19. The van der Waals surface area contributed by atoms with E-state index < -0.39 is 7.37 Å². The largest absolute Gasteiger partial charge is 0.466 e. The molecule has 0 aromatic rings. The van der Waals surface area contributed by atoms with Crippen LogP contribution >= 0.6 is 19.0 Å². The van der Waals surface area contributed by atoms with Crippen molar-refractivity contribution >= 4 is 42.8 Å². The Morgan fingerprint density at radius 1 is 0.620 bits per heavy atom. The monoisotopic (exact) mass is 1040 g/mol. The van der Waals surface area contributed by atoms with Crippen LogP contribution in [-0.4, -0.2) is 69.7 Å². The van der Waals surface area contributed by atoms with Gasteiger partial charge in [-0.2, -0.15) is 0 Å². The first-order valence-electron chi connectivity index (χ1n) is 26.8. The van der Waals surface area contributed by atoms with Crippen molar-refractivity contribution in [1.29, 1.82) is 0 Å². The number of allylic oxidation sites excluding steroid dienone is 11. The van der Waals surface area contributed by atoms with Gasteiger partial charge in [-0.1, -0.05) is 164 Å². The number of halogens is 1. The topological polar surface area (TPSA) is 132 Å². The van der Waals surface area contributed by atoms with E-state index in [-0.39, 0.29) is 42.8 Å². The zero-order valence-corrected chi connectivity index (χ0v) is 48.2. The normalized spacial score (nSPS) is 13.6. The molecule has 0 aromatic carbocycles. The molecule has 0 atom stereocenters. The first-order valence-corrected chi connectivity index (χ1v) is 29.8. The average molecular weight is 1040 g/mol. The maximum atomic E-state index is 11.4. The fraction of sp³-hybridized carbons (Fsp3) is 0.729. The highest BCUT2D eigenvalue weighted by atomic mass is 35.5. The molecule has 0 aliphatic heterocycles. The van der Waals surface area contributed by atoms with Crippen molar-refractivity contribution in [3.63, 3.8) is 0 Å². The molecule has 0 amide bonds. The number of carbonyl (C=O) groups excluding carboxylic acids is 4. The van der Waals surface area contributed by atoms with Gasteiger partial charge in [-0.15, -0.1) is 0 Å². The van der Waals surface area contributed by atoms with Crippen molar-refractivity contribution in [3.8, 4) is 0 Å². The maximum Gasteiger partial charge on any atom is 0.330 e. The summed E-state index contributed by atoms with van der Waals surface area (Å²) in [5.41, 5.74) is 5.33. The lowest BCUT2D eigenvalue weighted by Gasteiger charge is -2.32. The molecule has 1 aliphatic rings. The zero-order chi connectivity index (χ0) is 53.3. The van der Waals surface area contributed by atoms with Gasteiger partial charge in [-0.25, -0.2) is 4.79 Å². The Labute approximate surface area is 441 Å². The van der Waals surface area contributed by atoms with Crippen LogP contribution in [0.5, 0.6) is 0 Å². The summed E-state index contributed by atoms with van der Waals surface area (Å²) < 4.78 is 34.6. The van der Waals surface area contributed by atoms with Crippen LogP contribution in [0.4, 0.5) is 0 Å². The minimum absolute atomic E-state index is 0. The molecule has 414 valence electrons. The molecule has 0 N–H and O–H groups in total. The molecule has 0 fully saturated rings. The van der Waals surface area contributed by atoms with Gasteiger partial charge >= 0.3 is 23.9 Å². The molecule has 0 radical (unpaired) electrons. The van der Waals surface area contributed by atoms with Crippen LogP contribution in [0.2, 0.25) is 0 Å². The maximum absolute atomic E-state index is 11.4. The second-order valence-corrected chi connectivity index (χ2v) is 21.7. The highest BCUT2D eigenvalue weighted by Crippen LogP contribution is 2.41. The lowest BCUT2D eigenvalue weighted by atomic mass is 9.72. The predicted molar refractivity (Wildman–Crippen MR) is 302 cm³/mol. The minimum Gasteiger partial charge on any atom is -0.466 e. The van der Waals surface area contributed by atoms with Crippen molar-refractivity contribution in [3.05, 3.63) is 70.9 Å². The average Bonchev–Trinajstić information content (AvgIpc) is 3.27. The Morgan fingerprint density at radius 2 is 1.07 bits per heavy atom. The van der Waals surface area contributed by atoms with Gasteiger partial charge in [0.25, 0.3) is 0 Å². The van der Waals surface area contributed by atoms with E-state index in [1.807, 2.05) is 32.9 Å². The van der Waals surface area contributed by atoms with Crippen molar-refractivity contribution in [2.24, 2.45) is 5.41 Å². The molecule has 0 spiro atoms. The van der Waals surface area contributed by atoms with Gasteiger partial charge in [-0.3, -0.25) is 18.9 Å². The number of alkyl halides is 1. The van der Waals surface area contributed by atoms with Crippen LogP contribution in [0.15, 0.2) is 70.9 Å². The standard InChI is InChI=1S/C22H32O2.C20H38O2.C12H21ClO4.C4H11O2P.CH4/c1-7-24-21(23)16-18(3)11-8-10-17(2)13-14-20-19(4)12-9-15-22(20,5)6;1-3-5-6-7-8-9-10-11-12-13-14-15-16-17-18-19-20(21)22-4-2;1-2-16-11(14)8-6-4-3-5-7-9-12(15)17-10-13;1-4-6-7(2,3)5;/h8,10-11,13-14,16H,7,9,12,15H2,1-6H3;11-12H,3-10,13-19H2,1-2H3;2-10H2,1H3;4H2,1-3H3;1H4/b11-8+,14-13+,17-10+,18-16+;12-11+;;;. The van der Waals surface area contributed by atoms with Crippen LogP contribution in [0.3, 0.4) is 0 Å². The fourth-order valence-corrected chi connectivity index (χ4v) is 8.11. The third-order valence-corrected chi connectivity index (χ3v) is 12.1. The molecule has 10 nitrogen and oxygen atoms in total. The summed E-state index contributed by atoms with van der Waals surface area (Å²) >= 11 is 5.25.